The largest absolute Gasteiger partial charge is 0.350 e. The van der Waals surface area contributed by atoms with Gasteiger partial charge < -0.3 is 5.32 Å². The number of carbonyl (C=O) groups excluding carboxylic acids is 1. The second kappa shape index (κ2) is 7.87. The lowest BCUT2D eigenvalue weighted by atomic mass is 10.1. The van der Waals surface area contributed by atoms with Gasteiger partial charge in [-0.25, -0.2) is 0 Å². The summed E-state index contributed by atoms with van der Waals surface area (Å²) in [7, 11) is 0. The van der Waals surface area contributed by atoms with E-state index < -0.39 is 0 Å². The van der Waals surface area contributed by atoms with Gasteiger partial charge in [0.05, 0.1) is 5.69 Å². The predicted octanol–water partition coefficient (Wildman–Crippen LogP) is 5.60. The fourth-order valence-corrected chi connectivity index (χ4v) is 3.81. The fraction of sp³-hybridized carbons (Fsp3) is 0.333. The van der Waals surface area contributed by atoms with Gasteiger partial charge in [0.15, 0.2) is 0 Å². The second-order valence-electron chi connectivity index (χ2n) is 6.37. The van der Waals surface area contributed by atoms with Crippen LogP contribution < -0.4 is 5.32 Å². The summed E-state index contributed by atoms with van der Waals surface area (Å²) in [5.74, 6) is -0.0313. The third-order valence-electron chi connectivity index (χ3n) is 4.37. The smallest absolute Gasteiger partial charge is 0.251 e. The maximum Gasteiger partial charge on any atom is 0.251 e. The monoisotopic (exact) mass is 352 g/mol. The Kier molecular flexibility index (Phi) is 5.59. The number of hydrogen-bond acceptors (Lipinski definition) is 3. The molecule has 1 aliphatic rings. The Hall–Kier alpha value is -2.07. The molecule has 4 heteroatoms. The van der Waals surface area contributed by atoms with Crippen LogP contribution in [0.1, 0.15) is 56.0 Å². The van der Waals surface area contributed by atoms with Crippen LogP contribution in [0.2, 0.25) is 0 Å². The molecule has 3 nitrogen and oxygen atoms in total. The molecule has 1 atom stereocenters. The topological polar surface area (TPSA) is 41.5 Å². The summed E-state index contributed by atoms with van der Waals surface area (Å²) in [6.07, 6.45) is 2.89. The maximum absolute atomic E-state index is 12.4. The van der Waals surface area contributed by atoms with Gasteiger partial charge in [-0.3, -0.25) is 9.79 Å². The van der Waals surface area contributed by atoms with Crippen LogP contribution in [0.3, 0.4) is 0 Å². The third-order valence-corrected chi connectivity index (χ3v) is 5.51. The Labute approximate surface area is 153 Å². The van der Waals surface area contributed by atoms with Crippen molar-refractivity contribution in [1.82, 2.24) is 5.32 Å². The van der Waals surface area contributed by atoms with E-state index in [-0.39, 0.29) is 11.9 Å². The van der Waals surface area contributed by atoms with Crippen molar-refractivity contribution in [3.05, 3.63) is 53.6 Å². The van der Waals surface area contributed by atoms with E-state index in [0.29, 0.717) is 5.56 Å². The average Bonchev–Trinajstić information content (AvgIpc) is 2.77. The summed E-state index contributed by atoms with van der Waals surface area (Å²) in [6, 6.07) is 14.4. The molecule has 0 radical (unpaired) electrons. The number of nitrogens with one attached hydrogen (secondary N) is 1. The molecule has 25 heavy (non-hydrogen) atoms. The molecule has 0 spiro atoms. The van der Waals surface area contributed by atoms with Gasteiger partial charge in [0.2, 0.25) is 0 Å². The molecule has 1 heterocycles. The average molecular weight is 353 g/mol. The molecule has 1 aliphatic heterocycles. The van der Waals surface area contributed by atoms with E-state index in [1.54, 1.807) is 11.8 Å². The van der Waals surface area contributed by atoms with Gasteiger partial charge in [-0.1, -0.05) is 50.2 Å². The molecule has 0 saturated heterocycles. The second-order valence-corrected chi connectivity index (χ2v) is 7.46. The van der Waals surface area contributed by atoms with Gasteiger partial charge in [-0.2, -0.15) is 0 Å². The zero-order valence-corrected chi connectivity index (χ0v) is 15.8. The van der Waals surface area contributed by atoms with Gasteiger partial charge in [0, 0.05) is 32.7 Å². The Morgan fingerprint density at radius 2 is 1.96 bits per heavy atom. The van der Waals surface area contributed by atoms with Crippen molar-refractivity contribution < 1.29 is 4.79 Å². The molecule has 1 N–H and O–H groups in total. The first-order valence-corrected chi connectivity index (χ1v) is 9.73. The first kappa shape index (κ1) is 17.7. The quantitative estimate of drug-likeness (QED) is 0.761. The summed E-state index contributed by atoms with van der Waals surface area (Å²) in [4.78, 5) is 19.7. The van der Waals surface area contributed by atoms with Crippen LogP contribution >= 0.6 is 11.8 Å². The highest BCUT2D eigenvalue weighted by molar-refractivity contribution is 7.99. The van der Waals surface area contributed by atoms with Crippen molar-refractivity contribution in [2.75, 3.05) is 0 Å². The Bertz CT molecular complexity index is 813. The van der Waals surface area contributed by atoms with Crippen molar-refractivity contribution in [1.29, 1.82) is 0 Å². The Balaban J connectivity index is 2.00. The predicted molar refractivity (Wildman–Crippen MR) is 105 cm³/mol. The summed E-state index contributed by atoms with van der Waals surface area (Å²) >= 11 is 1.73. The number of amides is 1. The van der Waals surface area contributed by atoms with Gasteiger partial charge in [0.25, 0.3) is 5.91 Å². The first-order valence-electron chi connectivity index (χ1n) is 8.92. The lowest BCUT2D eigenvalue weighted by molar-refractivity contribution is 0.0939. The lowest BCUT2D eigenvalue weighted by Gasteiger charge is -2.12. The van der Waals surface area contributed by atoms with Crippen LogP contribution in [-0.2, 0) is 0 Å². The van der Waals surface area contributed by atoms with Gasteiger partial charge in [0.1, 0.15) is 0 Å². The number of benzene rings is 2. The van der Waals surface area contributed by atoms with Crippen molar-refractivity contribution in [3.63, 3.8) is 0 Å². The molecule has 0 fully saturated rings. The number of nitrogens with zero attached hydrogens (tertiary/aromatic N) is 1. The molecule has 2 aromatic rings. The van der Waals surface area contributed by atoms with Gasteiger partial charge in [-0.15, -0.1) is 0 Å². The summed E-state index contributed by atoms with van der Waals surface area (Å²) in [6.45, 7) is 6.25. The molecule has 0 aliphatic carbocycles. The molecule has 0 unspecified atom stereocenters. The number of carbonyl (C=O) groups is 1. The number of fused-ring (bicyclic) bond motifs is 2. The van der Waals surface area contributed by atoms with Crippen LogP contribution in [-0.4, -0.2) is 17.7 Å². The van der Waals surface area contributed by atoms with Crippen LogP contribution in [0.4, 0.5) is 5.69 Å². The van der Waals surface area contributed by atoms with E-state index >= 15 is 0 Å². The summed E-state index contributed by atoms with van der Waals surface area (Å²) in [5.41, 5.74) is 3.87. The normalized spacial score (nSPS) is 14.0. The highest BCUT2D eigenvalue weighted by atomic mass is 32.2. The lowest BCUT2D eigenvalue weighted by Crippen LogP contribution is -2.31. The van der Waals surface area contributed by atoms with Gasteiger partial charge in [-0.05, 0) is 44.0 Å². The number of rotatable bonds is 5. The zero-order valence-electron chi connectivity index (χ0n) is 15.0. The van der Waals surface area contributed by atoms with Crippen LogP contribution in [0.5, 0.6) is 0 Å². The van der Waals surface area contributed by atoms with Crippen molar-refractivity contribution in [3.8, 4) is 0 Å². The zero-order chi connectivity index (χ0) is 17.8. The maximum atomic E-state index is 12.4. The molecule has 130 valence electrons. The molecule has 2 aromatic carbocycles. The molecule has 0 saturated carbocycles. The van der Waals surface area contributed by atoms with Crippen molar-refractivity contribution in [2.24, 2.45) is 4.99 Å². The van der Waals surface area contributed by atoms with Crippen molar-refractivity contribution in [2.45, 2.75) is 55.9 Å². The molecule has 1 amide bonds. The highest BCUT2D eigenvalue weighted by Crippen LogP contribution is 2.41. The van der Waals surface area contributed by atoms with Crippen LogP contribution in [0.25, 0.3) is 0 Å². The molecule has 0 aromatic heterocycles. The Morgan fingerprint density at radius 1 is 1.16 bits per heavy atom. The Morgan fingerprint density at radius 3 is 2.72 bits per heavy atom. The van der Waals surface area contributed by atoms with E-state index in [1.165, 1.54) is 10.5 Å². The fourth-order valence-electron chi connectivity index (χ4n) is 2.79. The molecular weight excluding hydrogens is 328 g/mol. The minimum absolute atomic E-state index is 0.0313. The highest BCUT2D eigenvalue weighted by Gasteiger charge is 2.18. The number of hydrogen-bond donors (Lipinski definition) is 1. The standard InChI is InChI=1S/C21H24N2OS/c1-4-8-17-16-9-6-7-10-19(16)25-20-12-11-15(13-18(20)23-17)21(24)22-14(3)5-2/h6-7,9-14H,4-5,8H2,1-3H3,(H,22,24)/t14-/m0/s1. The van der Waals surface area contributed by atoms with E-state index in [2.05, 4.69) is 43.4 Å². The summed E-state index contributed by atoms with van der Waals surface area (Å²) < 4.78 is 0. The molecule has 3 rings (SSSR count). The number of aliphatic imine (C=N–C) groups is 1. The van der Waals surface area contributed by atoms with Crippen LogP contribution in [0.15, 0.2) is 57.2 Å². The van der Waals surface area contributed by atoms with E-state index in [4.69, 9.17) is 4.99 Å². The minimum atomic E-state index is -0.0313. The minimum Gasteiger partial charge on any atom is -0.350 e. The molecular formula is C21H24N2OS. The van der Waals surface area contributed by atoms with E-state index in [0.717, 1.165) is 35.6 Å². The first-order chi connectivity index (χ1) is 12.1. The van der Waals surface area contributed by atoms with Gasteiger partial charge >= 0.3 is 0 Å². The van der Waals surface area contributed by atoms with E-state index in [9.17, 15) is 4.79 Å². The molecule has 0 bridgehead atoms. The van der Waals surface area contributed by atoms with Crippen LogP contribution in [0, 0.1) is 0 Å². The van der Waals surface area contributed by atoms with Crippen molar-refractivity contribution >= 4 is 29.1 Å². The SMILES string of the molecule is CCCC1=Nc2cc(C(=O)N[C@@H](C)CC)ccc2Sc2ccccc21. The van der Waals surface area contributed by atoms with E-state index in [1.807, 2.05) is 25.1 Å². The summed E-state index contributed by atoms with van der Waals surface area (Å²) in [5, 5.41) is 3.03. The third kappa shape index (κ3) is 3.96.